The Morgan fingerprint density at radius 2 is 1.80 bits per heavy atom. The summed E-state index contributed by atoms with van der Waals surface area (Å²) in [4.78, 5) is 21.7. The maximum atomic E-state index is 13.0. The van der Waals surface area contributed by atoms with Crippen LogP contribution in [-0.2, 0) is 0 Å². The molecule has 4 nitrogen and oxygen atoms in total. The van der Waals surface area contributed by atoms with Gasteiger partial charge in [0.1, 0.15) is 0 Å². The topological polar surface area (TPSA) is 36.4 Å². The number of rotatable bonds is 6. The van der Waals surface area contributed by atoms with Gasteiger partial charge < -0.3 is 9.80 Å². The van der Waals surface area contributed by atoms with Gasteiger partial charge in [-0.1, -0.05) is 53.5 Å². The molecule has 0 aliphatic carbocycles. The summed E-state index contributed by atoms with van der Waals surface area (Å²) in [6.45, 7) is 3.12. The molecule has 1 saturated heterocycles. The van der Waals surface area contributed by atoms with Crippen LogP contribution in [0.5, 0.6) is 0 Å². The van der Waals surface area contributed by atoms with Gasteiger partial charge in [-0.2, -0.15) is 0 Å². The number of pyridine rings is 1. The number of benzene rings is 2. The lowest BCUT2D eigenvalue weighted by Crippen LogP contribution is -2.35. The van der Waals surface area contributed by atoms with E-state index in [0.717, 1.165) is 55.6 Å². The second-order valence-electron chi connectivity index (χ2n) is 9.42. The predicted molar refractivity (Wildman–Crippen MR) is 145 cm³/mol. The zero-order chi connectivity index (χ0) is 23.7. The van der Waals surface area contributed by atoms with Crippen molar-refractivity contribution in [2.24, 2.45) is 0 Å². The maximum Gasteiger partial charge on any atom is 0.254 e. The Bertz CT molecular complexity index is 1170. The molecule has 3 heterocycles. The van der Waals surface area contributed by atoms with Crippen LogP contribution in [0.1, 0.15) is 64.2 Å². The Morgan fingerprint density at radius 1 is 1.03 bits per heavy atom. The first kappa shape index (κ1) is 26.0. The molecule has 1 amide bonds. The average molecular weight is 531 g/mol. The lowest BCUT2D eigenvalue weighted by molar-refractivity contribution is 0.0746. The number of nitrogens with zero attached hydrogens (tertiary/aromatic N) is 3. The van der Waals surface area contributed by atoms with Crippen molar-refractivity contribution in [3.8, 4) is 0 Å². The lowest BCUT2D eigenvalue weighted by atomic mass is 9.84. The zero-order valence-corrected chi connectivity index (χ0v) is 22.1. The molecule has 2 aromatic carbocycles. The van der Waals surface area contributed by atoms with Gasteiger partial charge in [-0.25, -0.2) is 0 Å². The van der Waals surface area contributed by atoms with Gasteiger partial charge in [0.15, 0.2) is 0 Å². The Labute approximate surface area is 223 Å². The molecule has 2 aliphatic heterocycles. The van der Waals surface area contributed by atoms with E-state index in [9.17, 15) is 4.79 Å². The van der Waals surface area contributed by atoms with E-state index >= 15 is 0 Å². The van der Waals surface area contributed by atoms with E-state index in [2.05, 4.69) is 28.1 Å². The van der Waals surface area contributed by atoms with E-state index in [1.807, 2.05) is 60.7 Å². The van der Waals surface area contributed by atoms with Crippen molar-refractivity contribution < 1.29 is 4.79 Å². The third-order valence-electron chi connectivity index (χ3n) is 7.50. The molecule has 0 bridgehead atoms. The molecule has 5 rings (SSSR count). The highest BCUT2D eigenvalue weighted by Crippen LogP contribution is 2.45. The first-order valence-corrected chi connectivity index (χ1v) is 12.7. The zero-order valence-electron chi connectivity index (χ0n) is 19.7. The molecule has 1 fully saturated rings. The van der Waals surface area contributed by atoms with Crippen LogP contribution in [0.4, 0.5) is 0 Å². The van der Waals surface area contributed by atoms with Crippen molar-refractivity contribution >= 4 is 41.5 Å². The number of piperidine rings is 1. The fourth-order valence-electron chi connectivity index (χ4n) is 5.64. The van der Waals surface area contributed by atoms with Crippen molar-refractivity contribution in [3.63, 3.8) is 0 Å². The smallest absolute Gasteiger partial charge is 0.254 e. The van der Waals surface area contributed by atoms with Crippen molar-refractivity contribution in [1.29, 1.82) is 0 Å². The maximum absolute atomic E-state index is 13.0. The van der Waals surface area contributed by atoms with E-state index in [1.54, 1.807) is 0 Å². The van der Waals surface area contributed by atoms with Crippen LogP contribution in [0, 0.1) is 0 Å². The van der Waals surface area contributed by atoms with E-state index < -0.39 is 0 Å². The number of carbonyl (C=O) groups excluding carboxylic acids is 1. The van der Waals surface area contributed by atoms with Gasteiger partial charge in [0.25, 0.3) is 5.91 Å². The number of fused-ring (bicyclic) bond motifs is 1. The Morgan fingerprint density at radius 3 is 2.51 bits per heavy atom. The highest BCUT2D eigenvalue weighted by molar-refractivity contribution is 6.42. The summed E-state index contributed by atoms with van der Waals surface area (Å²) in [7, 11) is 1.91. The second-order valence-corrected chi connectivity index (χ2v) is 10.2. The summed E-state index contributed by atoms with van der Waals surface area (Å²) in [5, 5.41) is 1.11. The quantitative estimate of drug-likeness (QED) is 0.344. The van der Waals surface area contributed by atoms with Gasteiger partial charge in [-0.15, -0.1) is 12.4 Å². The lowest BCUT2D eigenvalue weighted by Gasteiger charge is -2.35. The monoisotopic (exact) mass is 529 g/mol. The first-order valence-electron chi connectivity index (χ1n) is 12.0. The molecule has 1 aromatic heterocycles. The molecule has 2 unspecified atom stereocenters. The van der Waals surface area contributed by atoms with Crippen LogP contribution in [-0.4, -0.2) is 47.4 Å². The summed E-state index contributed by atoms with van der Waals surface area (Å²) >= 11 is 12.7. The molecule has 2 atom stereocenters. The number of hydrogen-bond acceptors (Lipinski definition) is 3. The van der Waals surface area contributed by atoms with E-state index in [1.165, 1.54) is 5.56 Å². The largest absolute Gasteiger partial charge is 0.334 e. The number of carbonyl (C=O) groups is 1. The second kappa shape index (κ2) is 11.3. The number of amides is 1. The number of aromatic nitrogens is 1. The molecule has 184 valence electrons. The van der Waals surface area contributed by atoms with Crippen molar-refractivity contribution in [2.45, 2.75) is 37.1 Å². The minimum atomic E-state index is -0.0196. The van der Waals surface area contributed by atoms with Gasteiger partial charge in [-0.05, 0) is 85.8 Å². The Kier molecular flexibility index (Phi) is 8.38. The molecule has 2 aliphatic rings. The van der Waals surface area contributed by atoms with Crippen LogP contribution in [0.15, 0.2) is 67.0 Å². The van der Waals surface area contributed by atoms with Gasteiger partial charge in [0.05, 0.1) is 16.1 Å². The van der Waals surface area contributed by atoms with Crippen LogP contribution in [0.2, 0.25) is 10.0 Å². The minimum Gasteiger partial charge on any atom is -0.334 e. The SMILES string of the molecule is CN1C(=O)c2ccccc2C1C(CCN1CCC(c2cccnc2)CC1)c1ccc(Cl)c(Cl)c1.Cl. The van der Waals surface area contributed by atoms with Gasteiger partial charge in [0, 0.05) is 30.9 Å². The van der Waals surface area contributed by atoms with Crippen molar-refractivity contribution in [2.75, 3.05) is 26.7 Å². The van der Waals surface area contributed by atoms with Crippen molar-refractivity contribution in [3.05, 3.63) is 99.3 Å². The van der Waals surface area contributed by atoms with Gasteiger partial charge >= 0.3 is 0 Å². The number of likely N-dealkylation sites (tertiary alicyclic amines) is 1. The molecular weight excluding hydrogens is 501 g/mol. The molecule has 3 aromatic rings. The molecular formula is C28H30Cl3N3O. The summed E-state index contributed by atoms with van der Waals surface area (Å²) in [6, 6.07) is 18.1. The Hall–Kier alpha value is -2.11. The van der Waals surface area contributed by atoms with Gasteiger partial charge in [-0.3, -0.25) is 9.78 Å². The van der Waals surface area contributed by atoms with E-state index in [0.29, 0.717) is 16.0 Å². The standard InChI is InChI=1S/C28H29Cl2N3O.ClH/c1-32-27(23-6-2-3-7-24(23)28(32)34)22(20-8-9-25(29)26(30)17-20)12-16-33-14-10-19(11-15-33)21-5-4-13-31-18-21;/h2-9,13,17-19,22,27H,10-12,14-16H2,1H3;1H. The number of halogens is 3. The van der Waals surface area contributed by atoms with Crippen LogP contribution in [0.25, 0.3) is 0 Å². The number of hydrogen-bond donors (Lipinski definition) is 0. The van der Waals surface area contributed by atoms with Crippen LogP contribution >= 0.6 is 35.6 Å². The normalized spacial score (nSPS) is 19.3. The molecule has 0 N–H and O–H groups in total. The van der Waals surface area contributed by atoms with Gasteiger partial charge in [0.2, 0.25) is 0 Å². The van der Waals surface area contributed by atoms with E-state index in [-0.39, 0.29) is 30.3 Å². The molecule has 7 heteroatoms. The fraction of sp³-hybridized carbons (Fsp3) is 0.357. The van der Waals surface area contributed by atoms with Crippen LogP contribution < -0.4 is 0 Å². The average Bonchev–Trinajstić information content (AvgIpc) is 3.12. The summed E-state index contributed by atoms with van der Waals surface area (Å²) in [6.07, 6.45) is 7.07. The third kappa shape index (κ3) is 5.36. The Balaban J connectivity index is 0.00000289. The van der Waals surface area contributed by atoms with E-state index in [4.69, 9.17) is 23.2 Å². The predicted octanol–water partition coefficient (Wildman–Crippen LogP) is 6.99. The summed E-state index contributed by atoms with van der Waals surface area (Å²) in [5.74, 6) is 0.799. The third-order valence-corrected chi connectivity index (χ3v) is 8.24. The molecule has 0 radical (unpaired) electrons. The molecule has 0 saturated carbocycles. The highest BCUT2D eigenvalue weighted by atomic mass is 35.5. The first-order chi connectivity index (χ1) is 16.5. The minimum absolute atomic E-state index is 0. The molecule has 0 spiro atoms. The number of likely N-dealkylation sites (N-methyl/N-ethyl adjacent to an activating group) is 1. The highest BCUT2D eigenvalue weighted by Gasteiger charge is 2.39. The summed E-state index contributed by atoms with van der Waals surface area (Å²) < 4.78 is 0. The van der Waals surface area contributed by atoms with Crippen LogP contribution in [0.3, 0.4) is 0 Å². The molecule has 35 heavy (non-hydrogen) atoms. The summed E-state index contributed by atoms with van der Waals surface area (Å²) in [5.41, 5.74) is 4.37. The van der Waals surface area contributed by atoms with Crippen molar-refractivity contribution in [1.82, 2.24) is 14.8 Å². The fourth-order valence-corrected chi connectivity index (χ4v) is 5.95.